The fourth-order valence-electron chi connectivity index (χ4n) is 2.65. The first-order chi connectivity index (χ1) is 7.79. The smallest absolute Gasteiger partial charge is 0.0599 e. The zero-order chi connectivity index (χ0) is 11.4. The van der Waals surface area contributed by atoms with E-state index in [2.05, 4.69) is 24.1 Å². The van der Waals surface area contributed by atoms with E-state index in [4.69, 9.17) is 5.73 Å². The maximum absolute atomic E-state index is 6.03. The zero-order valence-electron chi connectivity index (χ0n) is 10.2. The first-order valence-corrected chi connectivity index (χ1v) is 6.36. The second kappa shape index (κ2) is 5.24. The quantitative estimate of drug-likeness (QED) is 0.608. The summed E-state index contributed by atoms with van der Waals surface area (Å²) in [5.74, 6) is 0. The molecule has 16 heavy (non-hydrogen) atoms. The normalized spacial score (nSPS) is 18.1. The second-order valence-electron chi connectivity index (χ2n) is 4.82. The van der Waals surface area contributed by atoms with E-state index in [1.807, 2.05) is 12.1 Å². The number of benzene rings is 1. The van der Waals surface area contributed by atoms with Gasteiger partial charge in [0.25, 0.3) is 0 Å². The maximum atomic E-state index is 6.03. The van der Waals surface area contributed by atoms with Crippen LogP contribution in [-0.4, -0.2) is 13.1 Å². The van der Waals surface area contributed by atoms with Crippen molar-refractivity contribution in [1.29, 1.82) is 0 Å². The topological polar surface area (TPSA) is 29.3 Å². The van der Waals surface area contributed by atoms with E-state index >= 15 is 0 Å². The average molecular weight is 218 g/mol. The SMILES string of the molecule is CN(c1ccccc1N)C1CCCCCC1. The van der Waals surface area contributed by atoms with Gasteiger partial charge in [0.05, 0.1) is 11.4 Å². The molecular formula is C14H22N2. The Bertz CT molecular complexity index is 327. The number of anilines is 2. The third-order valence-electron chi connectivity index (χ3n) is 3.69. The van der Waals surface area contributed by atoms with Gasteiger partial charge in [-0.25, -0.2) is 0 Å². The van der Waals surface area contributed by atoms with Gasteiger partial charge in [0, 0.05) is 13.1 Å². The van der Waals surface area contributed by atoms with Crippen LogP contribution >= 0.6 is 0 Å². The van der Waals surface area contributed by atoms with Gasteiger partial charge >= 0.3 is 0 Å². The predicted octanol–water partition coefficient (Wildman–Crippen LogP) is 3.43. The minimum atomic E-state index is 0.673. The summed E-state index contributed by atoms with van der Waals surface area (Å²) >= 11 is 0. The lowest BCUT2D eigenvalue weighted by Gasteiger charge is -2.30. The van der Waals surface area contributed by atoms with E-state index in [0.717, 1.165) is 5.69 Å². The fourth-order valence-corrected chi connectivity index (χ4v) is 2.65. The highest BCUT2D eigenvalue weighted by Crippen LogP contribution is 2.28. The molecule has 0 atom stereocenters. The van der Waals surface area contributed by atoms with Crippen LogP contribution in [0.25, 0.3) is 0 Å². The van der Waals surface area contributed by atoms with Gasteiger partial charge in [-0.2, -0.15) is 0 Å². The molecule has 0 saturated heterocycles. The van der Waals surface area contributed by atoms with Crippen molar-refractivity contribution < 1.29 is 0 Å². The van der Waals surface area contributed by atoms with Crippen LogP contribution in [0.2, 0.25) is 0 Å². The lowest BCUT2D eigenvalue weighted by Crippen LogP contribution is -2.31. The van der Waals surface area contributed by atoms with Gasteiger partial charge in [-0.15, -0.1) is 0 Å². The molecule has 0 aliphatic heterocycles. The molecule has 0 aromatic heterocycles. The van der Waals surface area contributed by atoms with E-state index in [1.165, 1.54) is 44.2 Å². The molecule has 2 N–H and O–H groups in total. The highest BCUT2D eigenvalue weighted by molar-refractivity contribution is 5.67. The fraction of sp³-hybridized carbons (Fsp3) is 0.571. The van der Waals surface area contributed by atoms with Crippen molar-refractivity contribution in [3.05, 3.63) is 24.3 Å². The summed E-state index contributed by atoms with van der Waals surface area (Å²) in [6.07, 6.45) is 8.14. The summed E-state index contributed by atoms with van der Waals surface area (Å²) in [5.41, 5.74) is 8.11. The molecule has 1 fully saturated rings. The first kappa shape index (κ1) is 11.3. The second-order valence-corrected chi connectivity index (χ2v) is 4.82. The van der Waals surface area contributed by atoms with Crippen molar-refractivity contribution in [1.82, 2.24) is 0 Å². The third-order valence-corrected chi connectivity index (χ3v) is 3.69. The molecule has 2 nitrogen and oxygen atoms in total. The van der Waals surface area contributed by atoms with Crippen molar-refractivity contribution >= 4 is 11.4 Å². The Morgan fingerprint density at radius 2 is 1.69 bits per heavy atom. The zero-order valence-corrected chi connectivity index (χ0v) is 10.2. The largest absolute Gasteiger partial charge is 0.397 e. The van der Waals surface area contributed by atoms with Crippen molar-refractivity contribution in [2.75, 3.05) is 17.7 Å². The van der Waals surface area contributed by atoms with Crippen LogP contribution < -0.4 is 10.6 Å². The number of nitrogen functional groups attached to an aromatic ring is 1. The Hall–Kier alpha value is -1.18. The number of hydrogen-bond acceptors (Lipinski definition) is 2. The van der Waals surface area contributed by atoms with Crippen molar-refractivity contribution in [3.63, 3.8) is 0 Å². The molecule has 0 amide bonds. The summed E-state index contributed by atoms with van der Waals surface area (Å²) in [7, 11) is 2.18. The van der Waals surface area contributed by atoms with Crippen molar-refractivity contribution in [2.24, 2.45) is 0 Å². The molecular weight excluding hydrogens is 196 g/mol. The molecule has 0 radical (unpaired) electrons. The van der Waals surface area contributed by atoms with Gasteiger partial charge in [0.2, 0.25) is 0 Å². The Kier molecular flexibility index (Phi) is 3.70. The lowest BCUT2D eigenvalue weighted by molar-refractivity contribution is 0.553. The van der Waals surface area contributed by atoms with Crippen LogP contribution in [-0.2, 0) is 0 Å². The predicted molar refractivity (Wildman–Crippen MR) is 70.7 cm³/mol. The van der Waals surface area contributed by atoms with Gasteiger partial charge in [-0.1, -0.05) is 37.8 Å². The van der Waals surface area contributed by atoms with E-state index < -0.39 is 0 Å². The highest BCUT2D eigenvalue weighted by atomic mass is 15.1. The molecule has 0 bridgehead atoms. The number of nitrogens with zero attached hydrogens (tertiary/aromatic N) is 1. The average Bonchev–Trinajstić information content (AvgIpc) is 2.57. The van der Waals surface area contributed by atoms with Crippen molar-refractivity contribution in [2.45, 2.75) is 44.6 Å². The molecule has 1 saturated carbocycles. The van der Waals surface area contributed by atoms with E-state index in [-0.39, 0.29) is 0 Å². The summed E-state index contributed by atoms with van der Waals surface area (Å²) < 4.78 is 0. The first-order valence-electron chi connectivity index (χ1n) is 6.36. The number of para-hydroxylation sites is 2. The van der Waals surface area contributed by atoms with Gasteiger partial charge in [0.1, 0.15) is 0 Å². The maximum Gasteiger partial charge on any atom is 0.0599 e. The summed E-state index contributed by atoms with van der Waals surface area (Å²) in [6, 6.07) is 8.86. The van der Waals surface area contributed by atoms with Gasteiger partial charge in [0.15, 0.2) is 0 Å². The minimum Gasteiger partial charge on any atom is -0.397 e. The number of nitrogens with two attached hydrogens (primary N) is 1. The van der Waals surface area contributed by atoms with Crippen LogP contribution in [0.5, 0.6) is 0 Å². The molecule has 88 valence electrons. The molecule has 1 aliphatic carbocycles. The highest BCUT2D eigenvalue weighted by Gasteiger charge is 2.18. The van der Waals surface area contributed by atoms with E-state index in [0.29, 0.717) is 6.04 Å². The van der Waals surface area contributed by atoms with Crippen LogP contribution in [0.1, 0.15) is 38.5 Å². The molecule has 0 unspecified atom stereocenters. The summed E-state index contributed by atoms with van der Waals surface area (Å²) in [4.78, 5) is 2.38. The van der Waals surface area contributed by atoms with E-state index in [9.17, 15) is 0 Å². The molecule has 0 spiro atoms. The van der Waals surface area contributed by atoms with Crippen molar-refractivity contribution in [3.8, 4) is 0 Å². The molecule has 2 heteroatoms. The number of rotatable bonds is 2. The van der Waals surface area contributed by atoms with Gasteiger partial charge in [-0.05, 0) is 25.0 Å². The van der Waals surface area contributed by atoms with Gasteiger partial charge < -0.3 is 10.6 Å². The molecule has 0 heterocycles. The van der Waals surface area contributed by atoms with Crippen LogP contribution in [0.4, 0.5) is 11.4 Å². The summed E-state index contributed by atoms with van der Waals surface area (Å²) in [5, 5.41) is 0. The lowest BCUT2D eigenvalue weighted by atomic mass is 10.1. The van der Waals surface area contributed by atoms with Gasteiger partial charge in [-0.3, -0.25) is 0 Å². The molecule has 1 aliphatic rings. The monoisotopic (exact) mass is 218 g/mol. The Morgan fingerprint density at radius 3 is 2.31 bits per heavy atom. The minimum absolute atomic E-state index is 0.673. The van der Waals surface area contributed by atoms with Crippen LogP contribution in [0, 0.1) is 0 Å². The number of hydrogen-bond donors (Lipinski definition) is 1. The Morgan fingerprint density at radius 1 is 1.06 bits per heavy atom. The summed E-state index contributed by atoms with van der Waals surface area (Å²) in [6.45, 7) is 0. The Balaban J connectivity index is 2.11. The molecule has 2 rings (SSSR count). The van der Waals surface area contributed by atoms with Crippen LogP contribution in [0.3, 0.4) is 0 Å². The molecule has 1 aromatic carbocycles. The van der Waals surface area contributed by atoms with E-state index in [1.54, 1.807) is 0 Å². The standard InChI is InChI=1S/C14H22N2/c1-16(12-8-4-2-3-5-9-12)14-11-7-6-10-13(14)15/h6-7,10-12H,2-5,8-9,15H2,1H3. The third kappa shape index (κ3) is 2.49. The molecule has 1 aromatic rings. The Labute approximate surface area is 98.4 Å². The van der Waals surface area contributed by atoms with Crippen LogP contribution in [0.15, 0.2) is 24.3 Å².